The predicted octanol–water partition coefficient (Wildman–Crippen LogP) is 5.34. The molecule has 5 rings (SSSR count). The maximum absolute atomic E-state index is 15.0. The van der Waals surface area contributed by atoms with Crippen LogP contribution in [0.25, 0.3) is 0 Å². The van der Waals surface area contributed by atoms with Crippen molar-refractivity contribution in [2.45, 2.75) is 84.3 Å². The van der Waals surface area contributed by atoms with Crippen LogP contribution in [0.2, 0.25) is 0 Å². The van der Waals surface area contributed by atoms with Crippen molar-refractivity contribution in [2.75, 3.05) is 6.54 Å². The molecular formula is C29H27F8NO6S. The number of alkyl halides is 7. The largest absolute Gasteiger partial charge is 0.481 e. The molecule has 1 saturated carbocycles. The Morgan fingerprint density at radius 3 is 2.07 bits per heavy atom. The van der Waals surface area contributed by atoms with Crippen LogP contribution in [0, 0.1) is 11.7 Å². The lowest BCUT2D eigenvalue weighted by Crippen LogP contribution is -2.57. The van der Waals surface area contributed by atoms with Crippen LogP contribution in [-0.2, 0) is 36.3 Å². The van der Waals surface area contributed by atoms with E-state index in [4.69, 9.17) is 0 Å². The molecule has 16 heteroatoms. The van der Waals surface area contributed by atoms with Crippen LogP contribution in [0.5, 0.6) is 0 Å². The number of hydrogen-bond donors (Lipinski definition) is 2. The maximum Gasteiger partial charge on any atom is 0.435 e. The Kier molecular flexibility index (Phi) is 7.83. The molecule has 0 bridgehead atoms. The highest BCUT2D eigenvalue weighted by Crippen LogP contribution is 2.57. The molecule has 2 unspecified atom stereocenters. The van der Waals surface area contributed by atoms with Crippen LogP contribution < -0.4 is 0 Å². The number of rotatable bonds is 5. The number of carboxylic acids is 1. The van der Waals surface area contributed by atoms with E-state index < -0.39 is 84.7 Å². The average Bonchev–Trinajstić information content (AvgIpc) is 3.36. The van der Waals surface area contributed by atoms with E-state index in [-0.39, 0.29) is 62.3 Å². The molecular weight excluding hydrogens is 642 g/mol. The van der Waals surface area contributed by atoms with Gasteiger partial charge >= 0.3 is 24.0 Å². The Labute approximate surface area is 251 Å². The Morgan fingerprint density at radius 1 is 0.889 bits per heavy atom. The van der Waals surface area contributed by atoms with Gasteiger partial charge in [-0.15, -0.1) is 0 Å². The van der Waals surface area contributed by atoms with Crippen molar-refractivity contribution in [3.8, 4) is 0 Å². The standard InChI is InChI=1S/C29H27F8NO6S/c30-19-2-1-3-20(15-19)45(43,44)26-12-13-38(24(41)25(42)10-8-16(9-11-25)23(39)40)22(26)7-4-17-14-18(5-6-21(17)26)27(31,28(32,33)34)29(35,36)37/h1-3,5-6,14-16,22,42H,4,7-13H2,(H,39,40). The van der Waals surface area contributed by atoms with Crippen LogP contribution >= 0.6 is 0 Å². The Bertz CT molecular complexity index is 1620. The van der Waals surface area contributed by atoms with Crippen LogP contribution in [-0.4, -0.2) is 65.9 Å². The fraction of sp³-hybridized carbons (Fsp3) is 0.517. The lowest BCUT2D eigenvalue weighted by atomic mass is 9.75. The highest BCUT2D eigenvalue weighted by molar-refractivity contribution is 7.92. The van der Waals surface area contributed by atoms with Crippen molar-refractivity contribution >= 4 is 21.7 Å². The summed E-state index contributed by atoms with van der Waals surface area (Å²) in [4.78, 5) is 25.7. The van der Waals surface area contributed by atoms with Gasteiger partial charge in [0.05, 0.1) is 16.9 Å². The molecule has 0 radical (unpaired) electrons. The van der Waals surface area contributed by atoms with Gasteiger partial charge in [0.1, 0.15) is 16.2 Å². The smallest absolute Gasteiger partial charge is 0.435 e. The number of aryl methyl sites for hydroxylation is 1. The third kappa shape index (κ3) is 4.89. The van der Waals surface area contributed by atoms with E-state index >= 15 is 0 Å². The fourth-order valence-corrected chi connectivity index (χ4v) is 9.54. The summed E-state index contributed by atoms with van der Waals surface area (Å²) in [6, 6.07) is 3.71. The molecule has 3 aliphatic rings. The summed E-state index contributed by atoms with van der Waals surface area (Å²) < 4.78 is 137. The van der Waals surface area contributed by atoms with Gasteiger partial charge in [0.25, 0.3) is 5.91 Å². The number of benzene rings is 2. The second-order valence-electron chi connectivity index (χ2n) is 11.8. The van der Waals surface area contributed by atoms with Gasteiger partial charge in [-0.1, -0.05) is 24.3 Å². The predicted molar refractivity (Wildman–Crippen MR) is 140 cm³/mol. The first-order valence-corrected chi connectivity index (χ1v) is 15.4. The number of nitrogens with zero attached hydrogens (tertiary/aromatic N) is 1. The molecule has 2 N–H and O–H groups in total. The molecule has 1 amide bonds. The summed E-state index contributed by atoms with van der Waals surface area (Å²) in [5.74, 6) is -3.77. The van der Waals surface area contributed by atoms with Crippen molar-refractivity contribution < 1.29 is 63.3 Å². The summed E-state index contributed by atoms with van der Waals surface area (Å²) in [5, 5.41) is 20.6. The average molecular weight is 670 g/mol. The van der Waals surface area contributed by atoms with E-state index in [0.29, 0.717) is 18.2 Å². The molecule has 246 valence electrons. The van der Waals surface area contributed by atoms with Crippen molar-refractivity contribution in [1.29, 1.82) is 0 Å². The summed E-state index contributed by atoms with van der Waals surface area (Å²) in [6.45, 7) is -0.317. The zero-order valence-corrected chi connectivity index (χ0v) is 24.1. The quantitative estimate of drug-likeness (QED) is 0.416. The maximum atomic E-state index is 15.0. The van der Waals surface area contributed by atoms with Gasteiger partial charge in [-0.2, -0.15) is 26.3 Å². The number of hydrogen-bond acceptors (Lipinski definition) is 5. The Morgan fingerprint density at radius 2 is 1.51 bits per heavy atom. The fourth-order valence-electron chi connectivity index (χ4n) is 7.14. The number of fused-ring (bicyclic) bond motifs is 3. The molecule has 2 aliphatic carbocycles. The van der Waals surface area contributed by atoms with Crippen molar-refractivity contribution in [3.05, 3.63) is 65.0 Å². The minimum absolute atomic E-state index is 0.0438. The molecule has 2 aromatic carbocycles. The molecule has 7 nitrogen and oxygen atoms in total. The molecule has 2 aromatic rings. The minimum atomic E-state index is -6.41. The van der Waals surface area contributed by atoms with E-state index in [2.05, 4.69) is 0 Å². The molecule has 0 spiro atoms. The molecule has 1 saturated heterocycles. The zero-order chi connectivity index (χ0) is 33.4. The zero-order valence-electron chi connectivity index (χ0n) is 23.3. The van der Waals surface area contributed by atoms with Gasteiger partial charge in [0.2, 0.25) is 0 Å². The van der Waals surface area contributed by atoms with E-state index in [1.807, 2.05) is 0 Å². The number of carboxylic acid groups (broad SMARTS) is 1. The van der Waals surface area contributed by atoms with Crippen LogP contribution in [0.3, 0.4) is 0 Å². The Hall–Kier alpha value is -3.27. The Balaban J connectivity index is 1.65. The minimum Gasteiger partial charge on any atom is -0.481 e. The summed E-state index contributed by atoms with van der Waals surface area (Å²) in [7, 11) is -4.77. The highest BCUT2D eigenvalue weighted by atomic mass is 32.2. The number of aliphatic hydroxyl groups is 1. The third-order valence-electron chi connectivity index (χ3n) is 9.47. The first-order valence-electron chi connectivity index (χ1n) is 13.9. The van der Waals surface area contributed by atoms with E-state index in [1.165, 1.54) is 0 Å². The van der Waals surface area contributed by atoms with Crippen molar-refractivity contribution in [2.24, 2.45) is 5.92 Å². The number of carbonyl (C=O) groups excluding carboxylic acids is 1. The lowest BCUT2D eigenvalue weighted by Gasteiger charge is -2.45. The van der Waals surface area contributed by atoms with E-state index in [9.17, 15) is 63.3 Å². The lowest BCUT2D eigenvalue weighted by molar-refractivity contribution is -0.348. The SMILES string of the molecule is O=C(O)C1CCC(O)(C(=O)N2CCC3(S(=O)(=O)c4cccc(F)c4)c4ccc(C(F)(C(F)(F)F)C(F)(F)F)cc4CCC23)CC1. The third-order valence-corrected chi connectivity index (χ3v) is 12.0. The van der Waals surface area contributed by atoms with Gasteiger partial charge in [0.15, 0.2) is 9.84 Å². The molecule has 1 heterocycles. The van der Waals surface area contributed by atoms with Gasteiger partial charge < -0.3 is 15.1 Å². The van der Waals surface area contributed by atoms with E-state index in [1.54, 1.807) is 0 Å². The first-order chi connectivity index (χ1) is 20.7. The van der Waals surface area contributed by atoms with Crippen LogP contribution in [0.4, 0.5) is 35.1 Å². The van der Waals surface area contributed by atoms with Gasteiger partial charge in [-0.25, -0.2) is 17.2 Å². The number of carbonyl (C=O) groups is 2. The number of halogens is 8. The highest BCUT2D eigenvalue weighted by Gasteiger charge is 2.74. The number of amides is 1. The first kappa shape index (κ1) is 33.1. The molecule has 2 fully saturated rings. The number of aliphatic carboxylic acids is 1. The summed E-state index contributed by atoms with van der Waals surface area (Å²) >= 11 is 0. The molecule has 1 aliphatic heterocycles. The molecule has 0 aromatic heterocycles. The summed E-state index contributed by atoms with van der Waals surface area (Å²) in [6.07, 6.45) is -14.5. The molecule has 2 atom stereocenters. The monoisotopic (exact) mass is 669 g/mol. The van der Waals surface area contributed by atoms with Gasteiger partial charge in [0, 0.05) is 12.1 Å². The van der Waals surface area contributed by atoms with Crippen LogP contribution in [0.1, 0.15) is 55.2 Å². The summed E-state index contributed by atoms with van der Waals surface area (Å²) in [5.41, 5.74) is -10.2. The van der Waals surface area contributed by atoms with Gasteiger partial charge in [-0.05, 0) is 74.3 Å². The normalized spacial score (nSPS) is 27.5. The molecule has 45 heavy (non-hydrogen) atoms. The van der Waals surface area contributed by atoms with E-state index in [0.717, 1.165) is 23.1 Å². The second-order valence-corrected chi connectivity index (χ2v) is 14.0. The number of sulfone groups is 1. The number of likely N-dealkylation sites (tertiary alicyclic amines) is 1. The van der Waals surface area contributed by atoms with Crippen LogP contribution in [0.15, 0.2) is 47.4 Å². The van der Waals surface area contributed by atoms with Crippen molar-refractivity contribution in [1.82, 2.24) is 4.90 Å². The van der Waals surface area contributed by atoms with Gasteiger partial charge in [-0.3, -0.25) is 9.59 Å². The topological polar surface area (TPSA) is 112 Å². The second kappa shape index (κ2) is 10.6. The van der Waals surface area contributed by atoms with Crippen molar-refractivity contribution in [3.63, 3.8) is 0 Å².